The van der Waals surface area contributed by atoms with Gasteiger partial charge in [-0.25, -0.2) is 4.98 Å². The Hall–Kier alpha value is -4.02. The van der Waals surface area contributed by atoms with Crippen molar-refractivity contribution in [3.63, 3.8) is 0 Å². The first-order valence-electron chi connectivity index (χ1n) is 13.0. The van der Waals surface area contributed by atoms with Crippen molar-refractivity contribution in [2.45, 2.75) is 20.3 Å². The molecule has 0 bridgehead atoms. The summed E-state index contributed by atoms with van der Waals surface area (Å²) in [5.41, 5.74) is 3.34. The maximum Gasteiger partial charge on any atom is 0.308 e. The number of nitrogens with zero attached hydrogens (tertiary/aromatic N) is 6. The molecule has 0 spiro atoms. The van der Waals surface area contributed by atoms with Crippen LogP contribution in [0.3, 0.4) is 0 Å². The molecule has 3 aliphatic rings. The number of fused-ring (bicyclic) bond motifs is 1. The van der Waals surface area contributed by atoms with Gasteiger partial charge in [0.05, 0.1) is 31.4 Å². The first-order valence-corrected chi connectivity index (χ1v) is 13.0. The van der Waals surface area contributed by atoms with E-state index in [1.54, 1.807) is 23.4 Å². The third-order valence-corrected chi connectivity index (χ3v) is 6.86. The van der Waals surface area contributed by atoms with E-state index in [0.717, 1.165) is 35.9 Å². The molecule has 2 aromatic rings. The number of carbonyl (C=O) groups excluding carboxylic acids is 2. The molecule has 3 aliphatic heterocycles. The summed E-state index contributed by atoms with van der Waals surface area (Å²) in [5.74, 6) is 1.53. The van der Waals surface area contributed by atoms with Crippen LogP contribution in [0.2, 0.25) is 0 Å². The van der Waals surface area contributed by atoms with Gasteiger partial charge in [-0.2, -0.15) is 4.99 Å². The van der Waals surface area contributed by atoms with Crippen LogP contribution < -0.4 is 15.1 Å². The quantitative estimate of drug-likeness (QED) is 0.543. The van der Waals surface area contributed by atoms with Gasteiger partial charge in [-0.3, -0.25) is 14.5 Å². The first kappa shape index (κ1) is 25.6. The minimum Gasteiger partial charge on any atom is -0.378 e. The van der Waals surface area contributed by atoms with Crippen LogP contribution in [0.4, 0.5) is 11.5 Å². The molecule has 197 valence electrons. The van der Waals surface area contributed by atoms with Gasteiger partial charge in [-0.05, 0) is 43.7 Å². The average molecular weight is 516 g/mol. The number of amidine groups is 1. The molecule has 1 radical (unpaired) electrons. The standard InChI is InChI=1S/C28H33N7O3/c1-3-32(4-2)26(36)17-21-5-8-23(9-6-21)35-19-24(27-29-11-12-34(27)20-35)31-25-10-7-22(18-30-25)28(37)33-13-15-38-16-14-33/h5-12,18-19H,3-4,13-17,20H2,1-2H3,(H,30,31)/q+1. The maximum atomic E-state index is 12.7. The molecule has 0 atom stereocenters. The second kappa shape index (κ2) is 11.6. The van der Waals surface area contributed by atoms with Crippen molar-refractivity contribution in [1.82, 2.24) is 19.7 Å². The highest BCUT2D eigenvalue weighted by molar-refractivity contribution is 6.06. The number of amides is 2. The van der Waals surface area contributed by atoms with Crippen molar-refractivity contribution in [2.24, 2.45) is 4.99 Å². The highest BCUT2D eigenvalue weighted by Crippen LogP contribution is 2.24. The van der Waals surface area contributed by atoms with Gasteiger partial charge in [0.15, 0.2) is 6.20 Å². The minimum absolute atomic E-state index is 0.0341. The number of anilines is 2. The van der Waals surface area contributed by atoms with Gasteiger partial charge in [0.25, 0.3) is 5.91 Å². The van der Waals surface area contributed by atoms with Crippen LogP contribution in [0.15, 0.2) is 71.9 Å². The summed E-state index contributed by atoms with van der Waals surface area (Å²) < 4.78 is 5.34. The Morgan fingerprint density at radius 2 is 1.84 bits per heavy atom. The zero-order valence-corrected chi connectivity index (χ0v) is 21.8. The maximum absolute atomic E-state index is 12.7. The van der Waals surface area contributed by atoms with E-state index in [-0.39, 0.29) is 11.8 Å². The van der Waals surface area contributed by atoms with Crippen molar-refractivity contribution in [3.8, 4) is 0 Å². The topological polar surface area (TPSA) is 96.3 Å². The van der Waals surface area contributed by atoms with Crippen LogP contribution in [0.1, 0.15) is 29.8 Å². The van der Waals surface area contributed by atoms with Crippen LogP contribution in [-0.4, -0.2) is 78.5 Å². The number of rotatable bonds is 8. The van der Waals surface area contributed by atoms with E-state index in [0.29, 0.717) is 50.8 Å². The monoisotopic (exact) mass is 515 g/mol. The molecule has 38 heavy (non-hydrogen) atoms. The normalized spacial score (nSPS) is 17.1. The molecule has 1 aromatic heterocycles. The Balaban J connectivity index is 1.29. The lowest BCUT2D eigenvalue weighted by Gasteiger charge is -2.27. The smallest absolute Gasteiger partial charge is 0.308 e. The van der Waals surface area contributed by atoms with Crippen molar-refractivity contribution >= 4 is 29.2 Å². The number of pyridine rings is 1. The Morgan fingerprint density at radius 1 is 1.08 bits per heavy atom. The van der Waals surface area contributed by atoms with Gasteiger partial charge in [0.1, 0.15) is 11.5 Å². The van der Waals surface area contributed by atoms with Crippen molar-refractivity contribution < 1.29 is 14.3 Å². The molecule has 1 N–H and O–H groups in total. The number of ether oxygens (including phenoxy) is 1. The summed E-state index contributed by atoms with van der Waals surface area (Å²) >= 11 is 0. The fourth-order valence-electron chi connectivity index (χ4n) is 4.68. The molecule has 10 nitrogen and oxygen atoms in total. The van der Waals surface area contributed by atoms with Crippen LogP contribution in [0, 0.1) is 0 Å². The number of hydrogen-bond acceptors (Lipinski definition) is 8. The Kier molecular flexibility index (Phi) is 7.81. The van der Waals surface area contributed by atoms with Crippen LogP contribution in [0.25, 0.3) is 0 Å². The molecule has 10 heteroatoms. The number of hydrogen-bond donors (Lipinski definition) is 1. The lowest BCUT2D eigenvalue weighted by atomic mass is 10.1. The predicted octanol–water partition coefficient (Wildman–Crippen LogP) is 2.72. The summed E-state index contributed by atoms with van der Waals surface area (Å²) in [4.78, 5) is 42.0. The number of aromatic nitrogens is 1. The molecule has 0 saturated carbocycles. The van der Waals surface area contributed by atoms with E-state index in [4.69, 9.17) is 4.74 Å². The molecule has 1 aromatic carbocycles. The van der Waals surface area contributed by atoms with Crippen LogP contribution >= 0.6 is 0 Å². The fourth-order valence-corrected chi connectivity index (χ4v) is 4.68. The van der Waals surface area contributed by atoms with Gasteiger partial charge in [-0.15, -0.1) is 0 Å². The lowest BCUT2D eigenvalue weighted by molar-refractivity contribution is -0.130. The highest BCUT2D eigenvalue weighted by atomic mass is 16.5. The molecular formula is C28H33N7O3+. The van der Waals surface area contributed by atoms with E-state index in [1.165, 1.54) is 0 Å². The Bertz CT molecular complexity index is 1240. The first-order chi connectivity index (χ1) is 18.6. The van der Waals surface area contributed by atoms with Crippen molar-refractivity contribution in [3.05, 3.63) is 78.0 Å². The average Bonchev–Trinajstić information content (AvgIpc) is 3.44. The van der Waals surface area contributed by atoms with Crippen LogP contribution in [-0.2, 0) is 16.0 Å². The number of nitrogens with one attached hydrogen (secondary N) is 1. The zero-order valence-electron chi connectivity index (χ0n) is 21.8. The highest BCUT2D eigenvalue weighted by Gasteiger charge is 2.36. The van der Waals surface area contributed by atoms with Gasteiger partial charge in [0.2, 0.25) is 12.6 Å². The van der Waals surface area contributed by atoms with E-state index in [1.807, 2.05) is 61.5 Å². The number of carbonyl (C=O) groups is 2. The second-order valence-electron chi connectivity index (χ2n) is 9.25. The van der Waals surface area contributed by atoms with Gasteiger partial charge < -0.3 is 19.9 Å². The molecule has 2 amide bonds. The fraction of sp³-hybridized carbons (Fsp3) is 0.357. The summed E-state index contributed by atoms with van der Waals surface area (Å²) in [7, 11) is 0. The summed E-state index contributed by atoms with van der Waals surface area (Å²) in [6.07, 6.45) is 7.71. The third-order valence-electron chi connectivity index (χ3n) is 6.86. The van der Waals surface area contributed by atoms with Crippen LogP contribution in [0.5, 0.6) is 0 Å². The number of morpholine rings is 1. The predicted molar refractivity (Wildman–Crippen MR) is 147 cm³/mol. The molecular weight excluding hydrogens is 482 g/mol. The Morgan fingerprint density at radius 3 is 2.53 bits per heavy atom. The van der Waals surface area contributed by atoms with E-state index >= 15 is 0 Å². The molecule has 5 rings (SSSR count). The second-order valence-corrected chi connectivity index (χ2v) is 9.25. The van der Waals surface area contributed by atoms with Gasteiger partial charge >= 0.3 is 5.84 Å². The molecule has 4 heterocycles. The summed E-state index contributed by atoms with van der Waals surface area (Å²) in [6.45, 7) is 8.36. The van der Waals surface area contributed by atoms with Gasteiger partial charge in [-0.1, -0.05) is 17.0 Å². The largest absolute Gasteiger partial charge is 0.378 e. The minimum atomic E-state index is -0.0341. The number of benzene rings is 1. The van der Waals surface area contributed by atoms with E-state index < -0.39 is 0 Å². The summed E-state index contributed by atoms with van der Waals surface area (Å²) in [5, 5.41) is 3.36. The van der Waals surface area contributed by atoms with Crippen molar-refractivity contribution in [2.75, 3.05) is 56.3 Å². The van der Waals surface area contributed by atoms with Gasteiger partial charge in [0, 0.05) is 44.3 Å². The lowest BCUT2D eigenvalue weighted by Crippen LogP contribution is -2.45. The SMILES string of the molecule is CCN(CC)C(=O)Cc1ccc(N2C=C(Nc3ccc(C(=O)N4CCOCC4)cn3)C3=NC=C[N+]3C2)cc1. The van der Waals surface area contributed by atoms with E-state index in [2.05, 4.69) is 25.1 Å². The third kappa shape index (κ3) is 5.61. The molecule has 0 aliphatic carbocycles. The van der Waals surface area contributed by atoms with Crippen molar-refractivity contribution in [1.29, 1.82) is 0 Å². The summed E-state index contributed by atoms with van der Waals surface area (Å²) in [6, 6.07) is 11.7. The molecule has 1 saturated heterocycles. The van der Waals surface area contributed by atoms with E-state index in [9.17, 15) is 9.59 Å². The zero-order chi connectivity index (χ0) is 26.5. The molecule has 1 fully saturated rings. The number of aliphatic imine (C=N–C) groups is 1. The molecule has 0 unspecified atom stereocenters. The number of likely N-dealkylation sites (N-methyl/N-ethyl adjacent to an activating group) is 1. The Labute approximate surface area is 222 Å².